The SMILES string of the molecule is CCCC/C=C/C/C=C/CCCCCCCC(=O)O[C@@H](COC(=O)CCCCCCCCCCCCCCCCCCCCCCC)COP(=O)(O)OC1C(O)C(O)C(O)[C@H](O)C1O. The summed E-state index contributed by atoms with van der Waals surface area (Å²) >= 11 is 0. The zero-order chi connectivity index (χ0) is 47.1. The summed E-state index contributed by atoms with van der Waals surface area (Å²) in [5.41, 5.74) is 0. The molecule has 6 unspecified atom stereocenters. The Bertz CT molecular complexity index is 1220. The first kappa shape index (κ1) is 60.3. The molecule has 0 bridgehead atoms. The zero-order valence-corrected chi connectivity index (χ0v) is 41.0. The molecule has 64 heavy (non-hydrogen) atoms. The van der Waals surface area contributed by atoms with Crippen molar-refractivity contribution in [1.82, 2.24) is 0 Å². The molecule has 376 valence electrons. The average Bonchev–Trinajstić information content (AvgIpc) is 3.28. The van der Waals surface area contributed by atoms with Crippen LogP contribution in [0, 0.1) is 0 Å². The van der Waals surface area contributed by atoms with Crippen LogP contribution in [0.15, 0.2) is 24.3 Å². The summed E-state index contributed by atoms with van der Waals surface area (Å²) in [4.78, 5) is 35.8. The predicted molar refractivity (Wildman–Crippen MR) is 254 cm³/mol. The molecule has 0 aromatic carbocycles. The number of hydrogen-bond acceptors (Lipinski definition) is 12. The van der Waals surface area contributed by atoms with Gasteiger partial charge in [-0.2, -0.15) is 0 Å². The molecule has 1 fully saturated rings. The van der Waals surface area contributed by atoms with E-state index in [1.165, 1.54) is 122 Å². The highest BCUT2D eigenvalue weighted by molar-refractivity contribution is 7.47. The van der Waals surface area contributed by atoms with Crippen molar-refractivity contribution in [3.8, 4) is 0 Å². The Labute approximate surface area is 387 Å². The summed E-state index contributed by atoms with van der Waals surface area (Å²) in [5.74, 6) is -1.11. The fraction of sp³-hybridized carbons (Fsp3) is 0.880. The standard InChI is InChI=1S/C50H93O13P/c1-3-5-7-9-11-13-15-17-19-20-21-22-23-24-25-27-28-30-32-34-36-38-43(51)60-40-42(41-61-64(58,59)63-50-48(56)46(54)45(53)47(55)49(50)57)62-44(52)39-37-35-33-31-29-26-18-16-14-12-10-8-6-4-2/h10,12,16,18,42,45-50,53-57H,3-9,11,13-15,17,19-41H2,1-2H3,(H,58,59)/b12-10+,18-16+/t42-,45?,46-,47?,48?,49?,50?/m0/s1. The molecule has 1 saturated carbocycles. The maximum atomic E-state index is 12.8. The first-order valence-corrected chi connectivity index (χ1v) is 27.1. The van der Waals surface area contributed by atoms with Gasteiger partial charge in [-0.05, 0) is 38.5 Å². The van der Waals surface area contributed by atoms with Crippen molar-refractivity contribution in [3.05, 3.63) is 24.3 Å². The molecule has 0 aromatic rings. The van der Waals surface area contributed by atoms with Crippen LogP contribution in [0.5, 0.6) is 0 Å². The van der Waals surface area contributed by atoms with Crippen LogP contribution in [0.25, 0.3) is 0 Å². The Hall–Kier alpha value is -1.67. The molecule has 14 heteroatoms. The number of hydrogen-bond donors (Lipinski definition) is 6. The van der Waals surface area contributed by atoms with E-state index >= 15 is 0 Å². The fourth-order valence-electron chi connectivity index (χ4n) is 7.89. The van der Waals surface area contributed by atoms with E-state index in [1.54, 1.807) is 0 Å². The quantitative estimate of drug-likeness (QED) is 0.0146. The minimum absolute atomic E-state index is 0.0833. The Kier molecular flexibility index (Phi) is 38.1. The number of aliphatic hydroxyl groups excluding tert-OH is 5. The molecule has 8 atom stereocenters. The van der Waals surface area contributed by atoms with Gasteiger partial charge in [-0.25, -0.2) is 4.57 Å². The predicted octanol–water partition coefficient (Wildman–Crippen LogP) is 10.8. The number of allylic oxidation sites excluding steroid dienone is 4. The summed E-state index contributed by atoms with van der Waals surface area (Å²) in [5, 5.41) is 50.2. The third-order valence-corrected chi connectivity index (χ3v) is 13.0. The van der Waals surface area contributed by atoms with Gasteiger partial charge in [0.15, 0.2) is 6.10 Å². The first-order valence-electron chi connectivity index (χ1n) is 25.6. The maximum absolute atomic E-state index is 12.8. The second-order valence-electron chi connectivity index (χ2n) is 18.0. The molecular formula is C50H93O13P. The number of rotatable bonds is 43. The molecule has 0 saturated heterocycles. The van der Waals surface area contributed by atoms with Crippen LogP contribution in [0.3, 0.4) is 0 Å². The molecule has 0 spiro atoms. The van der Waals surface area contributed by atoms with Gasteiger partial charge in [0.1, 0.15) is 43.2 Å². The lowest BCUT2D eigenvalue weighted by Crippen LogP contribution is -2.64. The molecule has 0 amide bonds. The number of ether oxygens (including phenoxy) is 2. The Balaban J connectivity index is 2.37. The highest BCUT2D eigenvalue weighted by Crippen LogP contribution is 2.47. The van der Waals surface area contributed by atoms with Gasteiger partial charge in [-0.3, -0.25) is 18.6 Å². The maximum Gasteiger partial charge on any atom is 0.472 e. The molecule has 0 heterocycles. The minimum Gasteiger partial charge on any atom is -0.462 e. The molecule has 1 aliphatic rings. The molecule has 0 aromatic heterocycles. The van der Waals surface area contributed by atoms with E-state index in [0.29, 0.717) is 12.8 Å². The van der Waals surface area contributed by atoms with Crippen molar-refractivity contribution in [2.75, 3.05) is 13.2 Å². The van der Waals surface area contributed by atoms with E-state index in [2.05, 4.69) is 38.2 Å². The second kappa shape index (κ2) is 40.4. The van der Waals surface area contributed by atoms with Gasteiger partial charge >= 0.3 is 19.8 Å². The summed E-state index contributed by atoms with van der Waals surface area (Å²) in [6.07, 6.45) is 32.3. The lowest BCUT2D eigenvalue weighted by molar-refractivity contribution is -0.220. The van der Waals surface area contributed by atoms with Gasteiger partial charge in [0.05, 0.1) is 6.61 Å². The largest absolute Gasteiger partial charge is 0.472 e. The van der Waals surface area contributed by atoms with Gasteiger partial charge < -0.3 is 39.9 Å². The molecule has 0 aliphatic heterocycles. The molecule has 1 aliphatic carbocycles. The van der Waals surface area contributed by atoms with Crippen LogP contribution in [0.1, 0.15) is 226 Å². The third-order valence-electron chi connectivity index (χ3n) is 12.0. The van der Waals surface area contributed by atoms with Crippen LogP contribution in [-0.4, -0.2) is 98.3 Å². The second-order valence-corrected chi connectivity index (χ2v) is 19.4. The normalized spacial score (nSPS) is 21.7. The monoisotopic (exact) mass is 933 g/mol. The van der Waals surface area contributed by atoms with E-state index < -0.39 is 75.7 Å². The van der Waals surface area contributed by atoms with E-state index in [1.807, 2.05) is 0 Å². The van der Waals surface area contributed by atoms with Crippen molar-refractivity contribution in [2.24, 2.45) is 0 Å². The van der Waals surface area contributed by atoms with E-state index in [4.69, 9.17) is 18.5 Å². The Morgan fingerprint density at radius 1 is 0.484 bits per heavy atom. The zero-order valence-electron chi connectivity index (χ0n) is 40.1. The van der Waals surface area contributed by atoms with E-state index in [-0.39, 0.29) is 12.8 Å². The van der Waals surface area contributed by atoms with Crippen molar-refractivity contribution >= 4 is 19.8 Å². The number of aliphatic hydroxyl groups is 5. The number of carbonyl (C=O) groups excluding carboxylic acids is 2. The van der Waals surface area contributed by atoms with Crippen LogP contribution in [0.2, 0.25) is 0 Å². The minimum atomic E-state index is -5.12. The summed E-state index contributed by atoms with van der Waals surface area (Å²) in [6, 6.07) is 0. The van der Waals surface area contributed by atoms with Gasteiger partial charge in [0.2, 0.25) is 0 Å². The van der Waals surface area contributed by atoms with Crippen molar-refractivity contribution < 1.29 is 63.1 Å². The van der Waals surface area contributed by atoms with Gasteiger partial charge in [-0.1, -0.05) is 199 Å². The third kappa shape index (κ3) is 32.1. The highest BCUT2D eigenvalue weighted by Gasteiger charge is 2.51. The molecule has 13 nitrogen and oxygen atoms in total. The smallest absolute Gasteiger partial charge is 0.462 e. The number of esters is 2. The topological polar surface area (TPSA) is 210 Å². The summed E-state index contributed by atoms with van der Waals surface area (Å²) in [7, 11) is -5.12. The van der Waals surface area contributed by atoms with E-state index in [0.717, 1.165) is 64.2 Å². The van der Waals surface area contributed by atoms with E-state index in [9.17, 15) is 44.6 Å². The van der Waals surface area contributed by atoms with Crippen LogP contribution in [0.4, 0.5) is 0 Å². The van der Waals surface area contributed by atoms with Crippen LogP contribution >= 0.6 is 7.82 Å². The highest BCUT2D eigenvalue weighted by atomic mass is 31.2. The van der Waals surface area contributed by atoms with Gasteiger partial charge in [0, 0.05) is 12.8 Å². The summed E-state index contributed by atoms with van der Waals surface area (Å²) in [6.45, 7) is 3.28. The lowest BCUT2D eigenvalue weighted by Gasteiger charge is -2.41. The number of phosphoric ester groups is 1. The van der Waals surface area contributed by atoms with Crippen molar-refractivity contribution in [3.63, 3.8) is 0 Å². The first-order chi connectivity index (χ1) is 30.9. The van der Waals surface area contributed by atoms with Gasteiger partial charge in [0.25, 0.3) is 0 Å². The fourth-order valence-corrected chi connectivity index (χ4v) is 8.87. The molecule has 1 rings (SSSR count). The summed E-state index contributed by atoms with van der Waals surface area (Å²) < 4.78 is 33.6. The Morgan fingerprint density at radius 3 is 1.31 bits per heavy atom. The molecule has 6 N–H and O–H groups in total. The number of unbranched alkanes of at least 4 members (excludes halogenated alkanes) is 27. The van der Waals surface area contributed by atoms with Crippen molar-refractivity contribution in [1.29, 1.82) is 0 Å². The van der Waals surface area contributed by atoms with Crippen molar-refractivity contribution in [2.45, 2.75) is 268 Å². The molecular weight excluding hydrogens is 840 g/mol. The van der Waals surface area contributed by atoms with Crippen LogP contribution in [-0.2, 0) is 32.7 Å². The van der Waals surface area contributed by atoms with Gasteiger partial charge in [-0.15, -0.1) is 0 Å². The average molecular weight is 933 g/mol. The lowest BCUT2D eigenvalue weighted by atomic mass is 9.85. The number of carbonyl (C=O) groups is 2. The number of phosphoric acid groups is 1. The molecule has 0 radical (unpaired) electrons. The Morgan fingerprint density at radius 2 is 0.859 bits per heavy atom. The van der Waals surface area contributed by atoms with Crippen LogP contribution < -0.4 is 0 Å².